The van der Waals surface area contributed by atoms with Crippen LogP contribution in [0.4, 0.5) is 4.39 Å². The summed E-state index contributed by atoms with van der Waals surface area (Å²) in [6.07, 6.45) is 4.17. The van der Waals surface area contributed by atoms with Crippen molar-refractivity contribution in [2.75, 3.05) is 13.2 Å². The van der Waals surface area contributed by atoms with Gasteiger partial charge in [0.05, 0.1) is 12.7 Å². The number of benzene rings is 1. The van der Waals surface area contributed by atoms with Gasteiger partial charge in [-0.05, 0) is 49.4 Å². The highest BCUT2D eigenvalue weighted by molar-refractivity contribution is 5.31. The van der Waals surface area contributed by atoms with E-state index in [0.717, 1.165) is 25.7 Å². The van der Waals surface area contributed by atoms with Crippen LogP contribution in [0.5, 0.6) is 5.75 Å². The highest BCUT2D eigenvalue weighted by atomic mass is 19.1. The van der Waals surface area contributed by atoms with E-state index in [2.05, 4.69) is 13.8 Å². The van der Waals surface area contributed by atoms with Crippen molar-refractivity contribution >= 4 is 0 Å². The van der Waals surface area contributed by atoms with Crippen LogP contribution in [-0.4, -0.2) is 18.3 Å². The van der Waals surface area contributed by atoms with Gasteiger partial charge in [-0.15, -0.1) is 0 Å². The van der Waals surface area contributed by atoms with Gasteiger partial charge < -0.3 is 15.6 Å². The van der Waals surface area contributed by atoms with E-state index >= 15 is 0 Å². The van der Waals surface area contributed by atoms with Crippen LogP contribution >= 0.6 is 0 Å². The molecular formula is C17H28FNO2. The maximum Gasteiger partial charge on any atom is 0.165 e. The lowest BCUT2D eigenvalue weighted by Crippen LogP contribution is -2.13. The third-order valence-electron chi connectivity index (χ3n) is 3.65. The minimum absolute atomic E-state index is 0.223. The Labute approximate surface area is 127 Å². The van der Waals surface area contributed by atoms with Crippen molar-refractivity contribution in [3.05, 3.63) is 29.6 Å². The van der Waals surface area contributed by atoms with E-state index in [0.29, 0.717) is 31.1 Å². The number of hydrogen-bond acceptors (Lipinski definition) is 3. The van der Waals surface area contributed by atoms with Crippen LogP contribution in [0, 0.1) is 11.7 Å². The van der Waals surface area contributed by atoms with Crippen molar-refractivity contribution in [1.82, 2.24) is 0 Å². The molecule has 0 aliphatic rings. The van der Waals surface area contributed by atoms with Gasteiger partial charge in [0, 0.05) is 0 Å². The van der Waals surface area contributed by atoms with Crippen molar-refractivity contribution in [1.29, 1.82) is 0 Å². The van der Waals surface area contributed by atoms with Crippen molar-refractivity contribution in [3.8, 4) is 5.75 Å². The highest BCUT2D eigenvalue weighted by Crippen LogP contribution is 2.25. The summed E-state index contributed by atoms with van der Waals surface area (Å²) in [7, 11) is 0. The van der Waals surface area contributed by atoms with E-state index < -0.39 is 6.10 Å². The van der Waals surface area contributed by atoms with Gasteiger partial charge in [0.1, 0.15) is 0 Å². The second kappa shape index (κ2) is 9.74. The first kappa shape index (κ1) is 17.9. The maximum atomic E-state index is 13.8. The molecule has 0 fully saturated rings. The molecule has 21 heavy (non-hydrogen) atoms. The van der Waals surface area contributed by atoms with E-state index in [1.165, 1.54) is 6.07 Å². The minimum atomic E-state index is -0.667. The van der Waals surface area contributed by atoms with Gasteiger partial charge in [0.2, 0.25) is 0 Å². The van der Waals surface area contributed by atoms with Gasteiger partial charge >= 0.3 is 0 Å². The van der Waals surface area contributed by atoms with E-state index in [4.69, 9.17) is 10.5 Å². The summed E-state index contributed by atoms with van der Waals surface area (Å²) in [6.45, 7) is 5.21. The van der Waals surface area contributed by atoms with Crippen LogP contribution < -0.4 is 10.5 Å². The molecule has 3 nitrogen and oxygen atoms in total. The van der Waals surface area contributed by atoms with Gasteiger partial charge in [-0.1, -0.05) is 32.8 Å². The van der Waals surface area contributed by atoms with E-state index in [1.54, 1.807) is 12.1 Å². The van der Waals surface area contributed by atoms with Crippen LogP contribution in [0.3, 0.4) is 0 Å². The lowest BCUT2D eigenvalue weighted by molar-refractivity contribution is 0.168. The molecule has 1 atom stereocenters. The molecule has 3 N–H and O–H groups in total. The lowest BCUT2D eigenvalue weighted by atomic mass is 9.99. The molecule has 0 amide bonds. The minimum Gasteiger partial charge on any atom is -0.490 e. The molecular weight excluding hydrogens is 269 g/mol. The molecule has 0 aromatic heterocycles. The van der Waals surface area contributed by atoms with Gasteiger partial charge in [0.25, 0.3) is 0 Å². The third kappa shape index (κ3) is 6.02. The Bertz CT molecular complexity index is 406. The first-order valence-electron chi connectivity index (χ1n) is 7.92. The Morgan fingerprint density at radius 1 is 1.19 bits per heavy atom. The van der Waals surface area contributed by atoms with E-state index in [1.807, 2.05) is 0 Å². The molecule has 120 valence electrons. The maximum absolute atomic E-state index is 13.8. The summed E-state index contributed by atoms with van der Waals surface area (Å²) < 4.78 is 19.5. The molecule has 0 bridgehead atoms. The molecule has 0 heterocycles. The predicted octanol–water partition coefficient (Wildman–Crippen LogP) is 3.80. The Kier molecular flexibility index (Phi) is 8.31. The van der Waals surface area contributed by atoms with Crippen molar-refractivity contribution in [3.63, 3.8) is 0 Å². The fourth-order valence-corrected chi connectivity index (χ4v) is 2.50. The zero-order chi connectivity index (χ0) is 15.7. The van der Waals surface area contributed by atoms with Gasteiger partial charge in [-0.2, -0.15) is 0 Å². The quantitative estimate of drug-likeness (QED) is 0.690. The number of hydrogen-bond donors (Lipinski definition) is 2. The van der Waals surface area contributed by atoms with E-state index in [-0.39, 0.29) is 11.6 Å². The topological polar surface area (TPSA) is 55.5 Å². The molecule has 1 rings (SSSR count). The first-order valence-corrected chi connectivity index (χ1v) is 7.92. The molecule has 1 aromatic carbocycles. The average Bonchev–Trinajstić information content (AvgIpc) is 2.47. The molecule has 0 saturated carbocycles. The fraction of sp³-hybridized carbons (Fsp3) is 0.647. The number of nitrogens with two attached hydrogens (primary N) is 1. The normalized spacial score (nSPS) is 12.7. The number of rotatable bonds is 10. The van der Waals surface area contributed by atoms with Gasteiger partial charge in [0.15, 0.2) is 11.6 Å². The number of ether oxygens (including phenoxy) is 1. The van der Waals surface area contributed by atoms with E-state index in [9.17, 15) is 9.50 Å². The SMILES string of the molecule is CCCC(CCC)COc1cc(C(O)CCN)ccc1F. The van der Waals surface area contributed by atoms with Crippen LogP contribution in [-0.2, 0) is 0 Å². The van der Waals surface area contributed by atoms with Crippen molar-refractivity contribution in [2.45, 2.75) is 52.1 Å². The highest BCUT2D eigenvalue weighted by Gasteiger charge is 2.13. The third-order valence-corrected chi connectivity index (χ3v) is 3.65. The molecule has 1 unspecified atom stereocenters. The van der Waals surface area contributed by atoms with Crippen molar-refractivity contribution in [2.24, 2.45) is 11.7 Å². The smallest absolute Gasteiger partial charge is 0.165 e. The molecule has 4 heteroatoms. The Morgan fingerprint density at radius 3 is 2.43 bits per heavy atom. The monoisotopic (exact) mass is 297 g/mol. The first-order chi connectivity index (χ1) is 10.1. The standard InChI is InChI=1S/C17H28FNO2/c1-3-5-13(6-4-2)12-21-17-11-14(7-8-15(17)18)16(20)9-10-19/h7-8,11,13,16,20H,3-6,9-10,12,19H2,1-2H3. The molecule has 1 aromatic rings. The van der Waals surface area contributed by atoms with Crippen LogP contribution in [0.25, 0.3) is 0 Å². The second-order valence-electron chi connectivity index (χ2n) is 5.54. The number of aliphatic hydroxyl groups excluding tert-OH is 1. The summed E-state index contributed by atoms with van der Waals surface area (Å²) in [5.41, 5.74) is 6.09. The summed E-state index contributed by atoms with van der Waals surface area (Å²) in [5, 5.41) is 9.92. The summed E-state index contributed by atoms with van der Waals surface area (Å²) in [6, 6.07) is 4.52. The largest absolute Gasteiger partial charge is 0.490 e. The van der Waals surface area contributed by atoms with Crippen LogP contribution in [0.1, 0.15) is 57.6 Å². The average molecular weight is 297 g/mol. The second-order valence-corrected chi connectivity index (χ2v) is 5.54. The molecule has 0 aliphatic heterocycles. The Morgan fingerprint density at radius 2 is 1.86 bits per heavy atom. The Hall–Kier alpha value is -1.13. The summed E-state index contributed by atoms with van der Waals surface area (Å²) in [5.74, 6) is 0.295. The zero-order valence-electron chi connectivity index (χ0n) is 13.1. The molecule has 0 saturated heterocycles. The predicted molar refractivity (Wildman–Crippen MR) is 83.8 cm³/mol. The molecule has 0 spiro atoms. The lowest BCUT2D eigenvalue weighted by Gasteiger charge is -2.18. The van der Waals surface area contributed by atoms with Crippen molar-refractivity contribution < 1.29 is 14.2 Å². The number of aliphatic hydroxyl groups is 1. The van der Waals surface area contributed by atoms with Gasteiger partial charge in [-0.3, -0.25) is 0 Å². The van der Waals surface area contributed by atoms with Gasteiger partial charge in [-0.25, -0.2) is 4.39 Å². The van der Waals surface area contributed by atoms with Crippen LogP contribution in [0.2, 0.25) is 0 Å². The summed E-state index contributed by atoms with van der Waals surface area (Å²) in [4.78, 5) is 0. The van der Waals surface area contributed by atoms with Crippen LogP contribution in [0.15, 0.2) is 18.2 Å². The Balaban J connectivity index is 2.70. The fourth-order valence-electron chi connectivity index (χ4n) is 2.50. The summed E-state index contributed by atoms with van der Waals surface area (Å²) >= 11 is 0. The molecule has 0 aliphatic carbocycles. The molecule has 0 radical (unpaired) electrons. The zero-order valence-corrected chi connectivity index (χ0v) is 13.1. The number of halogens is 1.